The van der Waals surface area contributed by atoms with Gasteiger partial charge in [-0.1, -0.05) is 12.2 Å². The maximum absolute atomic E-state index is 12.1. The van der Waals surface area contributed by atoms with Crippen molar-refractivity contribution in [2.45, 2.75) is 12.2 Å². The molecule has 1 heterocycles. The van der Waals surface area contributed by atoms with Crippen molar-refractivity contribution in [1.82, 2.24) is 0 Å². The maximum Gasteiger partial charge on any atom is 0.417 e. The Morgan fingerprint density at radius 1 is 1.57 bits per heavy atom. The normalized spacial score (nSPS) is 22.1. The van der Waals surface area contributed by atoms with Crippen LogP contribution in [-0.2, 0) is 0 Å². The molecule has 0 N–H and O–H groups in total. The third-order valence-corrected chi connectivity index (χ3v) is 1.82. The zero-order valence-corrected chi connectivity index (χ0v) is 7.30. The average Bonchev–Trinajstić information content (AvgIpc) is 2.02. The molecule has 0 aromatic heterocycles. The maximum atomic E-state index is 12.1. The Bertz CT molecular complexity index is 347. The van der Waals surface area contributed by atoms with Gasteiger partial charge in [0.2, 0.25) is 0 Å². The minimum atomic E-state index is -4.63. The highest BCUT2D eigenvalue weighted by Gasteiger charge is 2.38. The number of nitro groups is 1. The summed E-state index contributed by atoms with van der Waals surface area (Å²) in [5.41, 5.74) is -1.15. The highest BCUT2D eigenvalue weighted by atomic mass is 32.1. The number of allylic oxidation sites excluding steroid dienone is 1. The molecule has 8 heteroatoms. The SMILES string of the molecule is O=[N+]([O-])C1C=C(C(F)(F)F)C=NC1=S. The van der Waals surface area contributed by atoms with E-state index in [0.29, 0.717) is 12.3 Å². The lowest BCUT2D eigenvalue weighted by atomic mass is 10.1. The van der Waals surface area contributed by atoms with Gasteiger partial charge in [-0.05, 0) is 0 Å². The van der Waals surface area contributed by atoms with Crippen molar-refractivity contribution >= 4 is 23.4 Å². The van der Waals surface area contributed by atoms with Gasteiger partial charge < -0.3 is 0 Å². The van der Waals surface area contributed by atoms with Crippen LogP contribution in [0, 0.1) is 10.1 Å². The fourth-order valence-corrected chi connectivity index (χ4v) is 1.02. The van der Waals surface area contributed by atoms with Gasteiger partial charge in [-0.3, -0.25) is 10.1 Å². The number of alkyl halides is 3. The van der Waals surface area contributed by atoms with Crippen LogP contribution in [0.5, 0.6) is 0 Å². The Balaban J connectivity index is 3.03. The lowest BCUT2D eigenvalue weighted by Gasteiger charge is -2.12. The van der Waals surface area contributed by atoms with Crippen LogP contribution in [0.15, 0.2) is 16.6 Å². The molecule has 0 aromatic rings. The molecule has 0 amide bonds. The summed E-state index contributed by atoms with van der Waals surface area (Å²) in [5, 5.41) is 10.3. The molecular formula is C6H3F3N2O2S. The predicted molar refractivity (Wildman–Crippen MR) is 46.0 cm³/mol. The second-order valence-corrected chi connectivity index (χ2v) is 2.86. The zero-order valence-electron chi connectivity index (χ0n) is 6.49. The molecule has 0 saturated carbocycles. The number of hydrogen-bond acceptors (Lipinski definition) is 3. The number of hydrogen-bond donors (Lipinski definition) is 0. The number of aliphatic imine (C=N–C) groups is 1. The summed E-state index contributed by atoms with van der Waals surface area (Å²) in [7, 11) is 0. The summed E-state index contributed by atoms with van der Waals surface area (Å²) < 4.78 is 36.2. The smallest absolute Gasteiger partial charge is 0.263 e. The van der Waals surface area contributed by atoms with E-state index in [1.54, 1.807) is 0 Å². The highest BCUT2D eigenvalue weighted by Crippen LogP contribution is 2.26. The standard InChI is InChI=1S/C6H3F3N2O2S/c7-6(8,9)3-1-4(11(12)13)5(14)10-2-3/h1-2,4H. The summed E-state index contributed by atoms with van der Waals surface area (Å²) in [6, 6.07) is -1.66. The summed E-state index contributed by atoms with van der Waals surface area (Å²) in [6.07, 6.45) is -3.69. The van der Waals surface area contributed by atoms with Gasteiger partial charge in [-0.25, -0.2) is 4.99 Å². The third-order valence-electron chi connectivity index (χ3n) is 1.48. The van der Waals surface area contributed by atoms with Gasteiger partial charge in [-0.2, -0.15) is 13.2 Å². The summed E-state index contributed by atoms with van der Waals surface area (Å²) in [6.45, 7) is 0. The number of dihydropyridines is 1. The number of rotatable bonds is 1. The van der Waals surface area contributed by atoms with E-state index in [1.165, 1.54) is 0 Å². The molecule has 1 rings (SSSR count). The first-order chi connectivity index (χ1) is 6.32. The summed E-state index contributed by atoms with van der Waals surface area (Å²) >= 11 is 4.43. The molecule has 0 bridgehead atoms. The molecule has 1 atom stereocenters. The van der Waals surface area contributed by atoms with E-state index < -0.39 is 22.7 Å². The molecule has 0 spiro atoms. The first-order valence-corrected chi connectivity index (χ1v) is 3.73. The molecule has 1 aliphatic rings. The second-order valence-electron chi connectivity index (χ2n) is 2.45. The highest BCUT2D eigenvalue weighted by molar-refractivity contribution is 7.80. The molecule has 1 aliphatic heterocycles. The van der Waals surface area contributed by atoms with E-state index in [9.17, 15) is 23.3 Å². The molecule has 0 aromatic carbocycles. The quantitative estimate of drug-likeness (QED) is 0.385. The van der Waals surface area contributed by atoms with Crippen LogP contribution in [0.4, 0.5) is 13.2 Å². The van der Waals surface area contributed by atoms with Crippen molar-refractivity contribution < 1.29 is 18.1 Å². The van der Waals surface area contributed by atoms with Gasteiger partial charge in [0.25, 0.3) is 6.04 Å². The van der Waals surface area contributed by atoms with Crippen molar-refractivity contribution in [3.63, 3.8) is 0 Å². The molecule has 0 saturated heterocycles. The van der Waals surface area contributed by atoms with Crippen LogP contribution >= 0.6 is 12.2 Å². The average molecular weight is 224 g/mol. The van der Waals surface area contributed by atoms with E-state index >= 15 is 0 Å². The second kappa shape index (κ2) is 3.45. The van der Waals surface area contributed by atoms with Gasteiger partial charge in [-0.15, -0.1) is 0 Å². The molecule has 4 nitrogen and oxygen atoms in total. The van der Waals surface area contributed by atoms with E-state index in [4.69, 9.17) is 0 Å². The van der Waals surface area contributed by atoms with Gasteiger partial charge >= 0.3 is 6.18 Å². The lowest BCUT2D eigenvalue weighted by molar-refractivity contribution is -0.490. The van der Waals surface area contributed by atoms with Crippen molar-refractivity contribution in [2.24, 2.45) is 4.99 Å². The fourth-order valence-electron chi connectivity index (χ4n) is 0.813. The molecule has 76 valence electrons. The van der Waals surface area contributed by atoms with Crippen LogP contribution < -0.4 is 0 Å². The first-order valence-electron chi connectivity index (χ1n) is 3.33. The number of thiocarbonyl (C=S) groups is 1. The van der Waals surface area contributed by atoms with Crippen molar-refractivity contribution in [3.05, 3.63) is 21.8 Å². The minimum absolute atomic E-state index is 0.372. The topological polar surface area (TPSA) is 55.5 Å². The largest absolute Gasteiger partial charge is 0.417 e. The Hall–Kier alpha value is -1.31. The van der Waals surface area contributed by atoms with Crippen LogP contribution in [0.25, 0.3) is 0 Å². The van der Waals surface area contributed by atoms with E-state index in [-0.39, 0.29) is 4.99 Å². The van der Waals surface area contributed by atoms with Crippen molar-refractivity contribution in [3.8, 4) is 0 Å². The summed E-state index contributed by atoms with van der Waals surface area (Å²) in [5.74, 6) is 0. The lowest BCUT2D eigenvalue weighted by Crippen LogP contribution is -2.30. The van der Waals surface area contributed by atoms with Crippen LogP contribution in [0.1, 0.15) is 0 Å². The van der Waals surface area contributed by atoms with Gasteiger partial charge in [0.05, 0.1) is 5.57 Å². The zero-order chi connectivity index (χ0) is 10.9. The molecule has 1 unspecified atom stereocenters. The van der Waals surface area contributed by atoms with Crippen molar-refractivity contribution in [2.75, 3.05) is 0 Å². The Morgan fingerprint density at radius 2 is 2.14 bits per heavy atom. The Kier molecular flexibility index (Phi) is 2.65. The Labute approximate surface area is 81.3 Å². The third kappa shape index (κ3) is 2.13. The Morgan fingerprint density at radius 3 is 2.57 bits per heavy atom. The van der Waals surface area contributed by atoms with E-state index in [2.05, 4.69) is 17.2 Å². The number of nitrogens with zero attached hydrogens (tertiary/aromatic N) is 2. The molecular weight excluding hydrogens is 221 g/mol. The predicted octanol–water partition coefficient (Wildman–Crippen LogP) is 1.53. The molecule has 0 fully saturated rings. The van der Waals surface area contributed by atoms with Gasteiger partial charge in [0.1, 0.15) is 0 Å². The fraction of sp³-hybridized carbons (Fsp3) is 0.333. The van der Waals surface area contributed by atoms with E-state index in [1.807, 2.05) is 0 Å². The molecule has 14 heavy (non-hydrogen) atoms. The van der Waals surface area contributed by atoms with Crippen LogP contribution in [-0.4, -0.2) is 28.3 Å². The van der Waals surface area contributed by atoms with E-state index in [0.717, 1.165) is 0 Å². The molecule has 0 aliphatic carbocycles. The van der Waals surface area contributed by atoms with Gasteiger partial charge in [0, 0.05) is 17.2 Å². The monoisotopic (exact) mass is 224 g/mol. The van der Waals surface area contributed by atoms with Gasteiger partial charge in [0.15, 0.2) is 4.99 Å². The van der Waals surface area contributed by atoms with Crippen LogP contribution in [0.2, 0.25) is 0 Å². The van der Waals surface area contributed by atoms with Crippen molar-refractivity contribution in [1.29, 1.82) is 0 Å². The number of halogens is 3. The minimum Gasteiger partial charge on any atom is -0.263 e. The first kappa shape index (κ1) is 10.8. The molecule has 0 radical (unpaired) electrons. The summed E-state index contributed by atoms with van der Waals surface area (Å²) in [4.78, 5) is 12.1. The van der Waals surface area contributed by atoms with Crippen LogP contribution in [0.3, 0.4) is 0 Å².